The molecule has 15 heteroatoms. The Bertz CT molecular complexity index is 1160. The van der Waals surface area contributed by atoms with Crippen LogP contribution in [-0.2, 0) is 18.1 Å². The molecule has 1 atom stereocenters. The largest absolute Gasteiger partial charge is 0.500 e. The first-order valence-corrected chi connectivity index (χ1v) is 16.3. The molecule has 2 rings (SSSR count). The van der Waals surface area contributed by atoms with Gasteiger partial charge in [0.05, 0.1) is 17.4 Å². The molecular formula is C28H45N9O5Si. The molecule has 2 aromatic rings. The number of carbonyl (C=O) groups excluding carboxylic acids is 2. The average molecular weight is 616 g/mol. The Morgan fingerprint density at radius 2 is 1.33 bits per heavy atom. The van der Waals surface area contributed by atoms with E-state index in [4.69, 9.17) is 30.5 Å². The van der Waals surface area contributed by atoms with Crippen molar-refractivity contribution in [1.29, 1.82) is 0 Å². The topological polar surface area (TPSA) is 213 Å². The number of nitrogens with zero attached hydrogens (tertiary/aromatic N) is 3. The van der Waals surface area contributed by atoms with Gasteiger partial charge in [-0.2, -0.15) is 10.2 Å². The Morgan fingerprint density at radius 1 is 0.814 bits per heavy atom. The van der Waals surface area contributed by atoms with E-state index in [2.05, 4.69) is 31.2 Å². The Kier molecular flexibility index (Phi) is 15.9. The van der Waals surface area contributed by atoms with E-state index in [1.165, 1.54) is 0 Å². The molecule has 0 unspecified atom stereocenters. The number of urea groups is 1. The molecule has 0 aromatic heterocycles. The third-order valence-electron chi connectivity index (χ3n) is 5.88. The van der Waals surface area contributed by atoms with Crippen LogP contribution in [0.2, 0.25) is 6.04 Å². The number of nitrogens with two attached hydrogens (primary N) is 3. The highest BCUT2D eigenvalue weighted by molar-refractivity contribution is 6.60. The third-order valence-corrected chi connectivity index (χ3v) is 9.03. The molecule has 2 aromatic carbocycles. The lowest BCUT2D eigenvalue weighted by atomic mass is 10.1. The number of azo groups is 1. The molecule has 0 bridgehead atoms. The zero-order valence-corrected chi connectivity index (χ0v) is 26.2. The van der Waals surface area contributed by atoms with Gasteiger partial charge in [-0.1, -0.05) is 0 Å². The lowest BCUT2D eigenvalue weighted by Gasteiger charge is -2.28. The smallest absolute Gasteiger partial charge is 0.374 e. The van der Waals surface area contributed by atoms with Gasteiger partial charge in [-0.3, -0.25) is 9.79 Å². The van der Waals surface area contributed by atoms with Gasteiger partial charge in [0.25, 0.3) is 0 Å². The summed E-state index contributed by atoms with van der Waals surface area (Å²) in [5.41, 5.74) is 18.9. The molecule has 0 fully saturated rings. The quantitative estimate of drug-likeness (QED) is 0.0446. The van der Waals surface area contributed by atoms with E-state index in [9.17, 15) is 9.59 Å². The monoisotopic (exact) mass is 615 g/mol. The van der Waals surface area contributed by atoms with E-state index in [1.54, 1.807) is 48.5 Å². The van der Waals surface area contributed by atoms with Crippen LogP contribution in [0.3, 0.4) is 0 Å². The second-order valence-corrected chi connectivity index (χ2v) is 12.0. The summed E-state index contributed by atoms with van der Waals surface area (Å²) in [7, 11) is -2.72. The summed E-state index contributed by atoms with van der Waals surface area (Å²) in [5.74, 6) is -0.283. The Morgan fingerprint density at radius 3 is 1.81 bits per heavy atom. The number of anilines is 2. The maximum Gasteiger partial charge on any atom is 0.500 e. The normalized spacial score (nSPS) is 12.1. The van der Waals surface area contributed by atoms with E-state index < -0.39 is 14.8 Å². The first-order valence-electron chi connectivity index (χ1n) is 14.4. The molecule has 0 heterocycles. The summed E-state index contributed by atoms with van der Waals surface area (Å²) in [6, 6.07) is 13.5. The van der Waals surface area contributed by atoms with Crippen LogP contribution < -0.4 is 33.2 Å². The standard InChI is InChI=1S/C28H45N9O5Si/c1-4-40-43(41-5-2,42-6-3)20-8-19-33-28(39)35-22-12-16-24(17-13-22)37-36-23-14-10-21(11-15-23)34-26(38)25(29)9-7-18-32-27(30)31/h10-17,25H,4-9,18-20,29H2,1-3H3,(H,34,38)(H4,30,31,32)(H2,33,35,39)/t25-/m0/s1. The van der Waals surface area contributed by atoms with Crippen molar-refractivity contribution < 1.29 is 22.9 Å². The number of hydrogen-bond donors (Lipinski definition) is 6. The number of benzene rings is 2. The lowest BCUT2D eigenvalue weighted by Crippen LogP contribution is -2.46. The minimum absolute atomic E-state index is 0.0133. The number of aliphatic imine (C=N–C) groups is 1. The highest BCUT2D eigenvalue weighted by Crippen LogP contribution is 2.22. The summed E-state index contributed by atoms with van der Waals surface area (Å²) in [4.78, 5) is 28.5. The third kappa shape index (κ3) is 13.8. The second-order valence-electron chi connectivity index (χ2n) is 9.30. The molecule has 0 aliphatic rings. The molecule has 236 valence electrons. The first-order chi connectivity index (χ1) is 20.7. The van der Waals surface area contributed by atoms with Crippen molar-refractivity contribution in [2.75, 3.05) is 43.5 Å². The fourth-order valence-corrected chi connectivity index (χ4v) is 6.52. The molecule has 43 heavy (non-hydrogen) atoms. The fourth-order valence-electron chi connectivity index (χ4n) is 3.91. The zero-order valence-electron chi connectivity index (χ0n) is 25.2. The minimum atomic E-state index is -2.72. The van der Waals surface area contributed by atoms with Gasteiger partial charge in [0.15, 0.2) is 5.96 Å². The molecule has 0 saturated carbocycles. The maximum absolute atomic E-state index is 12.3. The molecule has 14 nitrogen and oxygen atoms in total. The highest BCUT2D eigenvalue weighted by Gasteiger charge is 2.39. The minimum Gasteiger partial charge on any atom is -0.374 e. The second kappa shape index (κ2) is 19.3. The Hall–Kier alpha value is -3.89. The Balaban J connectivity index is 1.78. The van der Waals surface area contributed by atoms with Crippen molar-refractivity contribution in [3.05, 3.63) is 48.5 Å². The van der Waals surface area contributed by atoms with Crippen molar-refractivity contribution in [1.82, 2.24) is 5.32 Å². The molecule has 3 amide bonds. The van der Waals surface area contributed by atoms with Crippen molar-refractivity contribution >= 4 is 49.5 Å². The summed E-state index contributed by atoms with van der Waals surface area (Å²) in [6.07, 6.45) is 1.72. The van der Waals surface area contributed by atoms with Gasteiger partial charge in [-0.25, -0.2) is 4.79 Å². The Labute approximate surface area is 254 Å². The van der Waals surface area contributed by atoms with Gasteiger partial charge >= 0.3 is 14.8 Å². The number of rotatable bonds is 19. The molecule has 0 radical (unpaired) electrons. The van der Waals surface area contributed by atoms with E-state index in [0.717, 1.165) is 0 Å². The van der Waals surface area contributed by atoms with Crippen molar-refractivity contribution in [3.8, 4) is 0 Å². The predicted octanol–water partition coefficient (Wildman–Crippen LogP) is 3.98. The van der Waals surface area contributed by atoms with E-state index in [0.29, 0.717) is 81.0 Å². The van der Waals surface area contributed by atoms with Gasteiger partial charge < -0.3 is 46.4 Å². The van der Waals surface area contributed by atoms with Crippen LogP contribution in [0.5, 0.6) is 0 Å². The van der Waals surface area contributed by atoms with Gasteiger partial charge in [0, 0.05) is 50.3 Å². The van der Waals surface area contributed by atoms with Crippen LogP contribution in [0, 0.1) is 0 Å². The number of carbonyl (C=O) groups is 2. The fraction of sp³-hybridized carbons (Fsp3) is 0.464. The van der Waals surface area contributed by atoms with Crippen molar-refractivity contribution in [2.24, 2.45) is 32.4 Å². The SMILES string of the molecule is CCO[Si](CCCNC(=O)Nc1ccc(N=Nc2ccc(NC(=O)[C@@H](N)CCCN=C(N)N)cc2)cc1)(OCC)OCC. The lowest BCUT2D eigenvalue weighted by molar-refractivity contribution is -0.117. The first kappa shape index (κ1) is 35.3. The van der Waals surface area contributed by atoms with Gasteiger partial charge in [-0.15, -0.1) is 0 Å². The van der Waals surface area contributed by atoms with Crippen LogP contribution in [0.1, 0.15) is 40.0 Å². The van der Waals surface area contributed by atoms with Crippen LogP contribution in [0.25, 0.3) is 0 Å². The van der Waals surface area contributed by atoms with E-state index in [-0.39, 0.29) is 17.9 Å². The van der Waals surface area contributed by atoms with Gasteiger partial charge in [-0.05, 0) is 88.6 Å². The molecule has 9 N–H and O–H groups in total. The van der Waals surface area contributed by atoms with Gasteiger partial charge in [0.1, 0.15) is 0 Å². The van der Waals surface area contributed by atoms with Crippen molar-refractivity contribution in [3.63, 3.8) is 0 Å². The molecule has 0 saturated heterocycles. The molecule has 0 aliphatic heterocycles. The number of guanidine groups is 1. The van der Waals surface area contributed by atoms with E-state index >= 15 is 0 Å². The maximum atomic E-state index is 12.3. The summed E-state index contributed by atoms with van der Waals surface area (Å²) < 4.78 is 17.5. The summed E-state index contributed by atoms with van der Waals surface area (Å²) in [5, 5.41) is 16.9. The molecule has 0 spiro atoms. The number of nitrogens with one attached hydrogen (secondary N) is 3. The van der Waals surface area contributed by atoms with Crippen LogP contribution >= 0.6 is 0 Å². The van der Waals surface area contributed by atoms with Gasteiger partial charge in [0.2, 0.25) is 5.91 Å². The highest BCUT2D eigenvalue weighted by atomic mass is 28.4. The average Bonchev–Trinajstić information content (AvgIpc) is 2.98. The number of hydrogen-bond acceptors (Lipinski definition) is 9. The number of amides is 3. The molecule has 0 aliphatic carbocycles. The van der Waals surface area contributed by atoms with Crippen molar-refractivity contribution in [2.45, 2.75) is 52.1 Å². The summed E-state index contributed by atoms with van der Waals surface area (Å²) in [6.45, 7) is 8.17. The van der Waals surface area contributed by atoms with Crippen LogP contribution in [0.4, 0.5) is 27.5 Å². The molecular weight excluding hydrogens is 570 g/mol. The van der Waals surface area contributed by atoms with E-state index in [1.807, 2.05) is 20.8 Å². The van der Waals surface area contributed by atoms with Crippen LogP contribution in [0.15, 0.2) is 63.8 Å². The predicted molar refractivity (Wildman–Crippen MR) is 171 cm³/mol. The summed E-state index contributed by atoms with van der Waals surface area (Å²) >= 11 is 0. The van der Waals surface area contributed by atoms with Crippen LogP contribution in [-0.4, -0.2) is 65.7 Å². The zero-order chi connectivity index (χ0) is 31.5.